The fourth-order valence-corrected chi connectivity index (χ4v) is 3.15. The smallest absolute Gasteiger partial charge is 0.234 e. The first-order chi connectivity index (χ1) is 13.1. The van der Waals surface area contributed by atoms with Gasteiger partial charge < -0.3 is 4.74 Å². The minimum Gasteiger partial charge on any atom is -0.456 e. The van der Waals surface area contributed by atoms with Gasteiger partial charge in [-0.15, -0.1) is 0 Å². The maximum absolute atomic E-state index is 12.1. The van der Waals surface area contributed by atoms with Crippen molar-refractivity contribution in [2.45, 2.75) is 72.1 Å². The molecule has 0 heterocycles. The lowest BCUT2D eigenvalue weighted by atomic mass is 9.76. The van der Waals surface area contributed by atoms with Gasteiger partial charge in [-0.1, -0.05) is 59.7 Å². The monoisotopic (exact) mass is 379 g/mol. The summed E-state index contributed by atoms with van der Waals surface area (Å²) in [4.78, 5) is 23.4. The van der Waals surface area contributed by atoms with Crippen LogP contribution in [0.5, 0.6) is 11.5 Å². The predicted octanol–water partition coefficient (Wildman–Crippen LogP) is 6.51. The number of carbonyl (C=O) groups excluding carboxylic acids is 2. The van der Waals surface area contributed by atoms with E-state index in [-0.39, 0.29) is 27.7 Å². The molecule has 0 aromatic heterocycles. The molecule has 0 atom stereocenters. The molecule has 28 heavy (non-hydrogen) atoms. The topological polar surface area (TPSA) is 43.4 Å². The lowest BCUT2D eigenvalue weighted by Gasteiger charge is -2.30. The average molecular weight is 380 g/mol. The first-order valence-corrected chi connectivity index (χ1v) is 9.92. The third-order valence-electron chi connectivity index (χ3n) is 5.97. The number of Topliss-reactive ketones (excluding diaryl/α,β-unsaturated/α-hetero) is 1. The molecular formula is C25H31O3. The fraction of sp³-hybridized carbons (Fsp3) is 0.440. The molecule has 3 heteroatoms. The molecule has 0 fully saturated rings. The Balaban J connectivity index is 2.64. The molecule has 0 aliphatic heterocycles. The van der Waals surface area contributed by atoms with E-state index in [1.807, 2.05) is 12.4 Å². The van der Waals surface area contributed by atoms with Crippen molar-refractivity contribution in [3.05, 3.63) is 58.7 Å². The molecule has 0 aliphatic rings. The first-order valence-electron chi connectivity index (χ1n) is 9.92. The third-order valence-corrected chi connectivity index (χ3v) is 5.97. The molecule has 2 aromatic carbocycles. The molecule has 149 valence electrons. The van der Waals surface area contributed by atoms with E-state index >= 15 is 0 Å². The molecular weight excluding hydrogens is 348 g/mol. The van der Waals surface area contributed by atoms with Crippen LogP contribution in [0, 0.1) is 0 Å². The Morgan fingerprint density at radius 1 is 0.964 bits per heavy atom. The molecule has 0 bridgehead atoms. The van der Waals surface area contributed by atoms with Crippen molar-refractivity contribution in [2.24, 2.45) is 0 Å². The van der Waals surface area contributed by atoms with Gasteiger partial charge in [0.25, 0.3) is 0 Å². The SMILES string of the molecule is CCC(C)(C)c1ccc(Oc2cccc([C]=O)c2C(C)=O)c(C(C)(C)CC)c1. The first kappa shape index (κ1) is 21.9. The zero-order valence-electron chi connectivity index (χ0n) is 18.1. The largest absolute Gasteiger partial charge is 0.456 e. The summed E-state index contributed by atoms with van der Waals surface area (Å²) in [7, 11) is 0. The van der Waals surface area contributed by atoms with Crippen LogP contribution >= 0.6 is 0 Å². The highest BCUT2D eigenvalue weighted by Crippen LogP contribution is 2.40. The minimum atomic E-state index is -0.214. The van der Waals surface area contributed by atoms with E-state index in [0.717, 1.165) is 18.4 Å². The summed E-state index contributed by atoms with van der Waals surface area (Å²) in [6.45, 7) is 14.7. The van der Waals surface area contributed by atoms with Crippen molar-refractivity contribution in [1.29, 1.82) is 0 Å². The molecule has 3 nitrogen and oxygen atoms in total. The standard InChI is InChI=1S/C25H31O3/c1-8-24(4,5)19-13-14-21(20(15-19)25(6,7)9-2)28-22-12-10-11-18(16-26)23(22)17(3)27/h10-15H,8-9H2,1-7H3. The fourth-order valence-electron chi connectivity index (χ4n) is 3.15. The van der Waals surface area contributed by atoms with Gasteiger partial charge in [-0.3, -0.25) is 9.59 Å². The zero-order chi connectivity index (χ0) is 21.1. The highest BCUT2D eigenvalue weighted by atomic mass is 16.5. The molecule has 0 N–H and O–H groups in total. The van der Waals surface area contributed by atoms with Crippen LogP contribution in [-0.2, 0) is 15.6 Å². The highest BCUT2D eigenvalue weighted by Gasteiger charge is 2.27. The van der Waals surface area contributed by atoms with Crippen LogP contribution in [0.15, 0.2) is 36.4 Å². The molecule has 0 saturated carbocycles. The number of rotatable bonds is 8. The van der Waals surface area contributed by atoms with Crippen LogP contribution in [0.4, 0.5) is 0 Å². The van der Waals surface area contributed by atoms with E-state index in [9.17, 15) is 9.59 Å². The highest BCUT2D eigenvalue weighted by molar-refractivity contribution is 6.04. The molecule has 2 rings (SSSR count). The second-order valence-corrected chi connectivity index (χ2v) is 8.62. The van der Waals surface area contributed by atoms with Crippen molar-refractivity contribution in [3.8, 4) is 11.5 Å². The van der Waals surface area contributed by atoms with Gasteiger partial charge in [0.2, 0.25) is 6.29 Å². The van der Waals surface area contributed by atoms with E-state index < -0.39 is 0 Å². The van der Waals surface area contributed by atoms with E-state index in [1.54, 1.807) is 18.2 Å². The van der Waals surface area contributed by atoms with Gasteiger partial charge in [-0.2, -0.15) is 0 Å². The Kier molecular flexibility index (Phi) is 6.48. The molecule has 0 saturated heterocycles. The number of hydrogen-bond acceptors (Lipinski definition) is 3. The Bertz CT molecular complexity index is 875. The van der Waals surface area contributed by atoms with E-state index in [2.05, 4.69) is 53.7 Å². The predicted molar refractivity (Wildman–Crippen MR) is 114 cm³/mol. The second-order valence-electron chi connectivity index (χ2n) is 8.62. The molecule has 0 spiro atoms. The third kappa shape index (κ3) is 4.35. The summed E-state index contributed by atoms with van der Waals surface area (Å²) in [5.41, 5.74) is 2.83. The molecule has 0 unspecified atom stereocenters. The number of benzene rings is 2. The summed E-state index contributed by atoms with van der Waals surface area (Å²) in [6, 6.07) is 11.3. The van der Waals surface area contributed by atoms with Crippen LogP contribution in [0.3, 0.4) is 0 Å². The van der Waals surface area contributed by atoms with Crippen molar-refractivity contribution in [1.82, 2.24) is 0 Å². The number of ketones is 1. The van der Waals surface area contributed by atoms with Gasteiger partial charge in [0.05, 0.1) is 5.56 Å². The van der Waals surface area contributed by atoms with Gasteiger partial charge in [-0.25, -0.2) is 0 Å². The van der Waals surface area contributed by atoms with Crippen molar-refractivity contribution in [3.63, 3.8) is 0 Å². The maximum atomic E-state index is 12.1. The van der Waals surface area contributed by atoms with Crippen LogP contribution in [0.25, 0.3) is 0 Å². The number of ether oxygens (including phenoxy) is 1. The van der Waals surface area contributed by atoms with Gasteiger partial charge in [-0.05, 0) is 54.4 Å². The summed E-state index contributed by atoms with van der Waals surface area (Å²) < 4.78 is 6.23. The second kappa shape index (κ2) is 8.30. The Morgan fingerprint density at radius 3 is 2.14 bits per heavy atom. The Labute approximate surface area is 169 Å². The maximum Gasteiger partial charge on any atom is 0.234 e. The van der Waals surface area contributed by atoms with Crippen molar-refractivity contribution < 1.29 is 14.3 Å². The van der Waals surface area contributed by atoms with Crippen LogP contribution in [0.1, 0.15) is 88.4 Å². The average Bonchev–Trinajstić information content (AvgIpc) is 2.67. The van der Waals surface area contributed by atoms with Crippen LogP contribution < -0.4 is 4.74 Å². The molecule has 1 radical (unpaired) electrons. The van der Waals surface area contributed by atoms with E-state index in [4.69, 9.17) is 4.74 Å². The van der Waals surface area contributed by atoms with Crippen LogP contribution in [-0.4, -0.2) is 12.1 Å². The van der Waals surface area contributed by atoms with Crippen molar-refractivity contribution in [2.75, 3.05) is 0 Å². The normalized spacial score (nSPS) is 12.0. The van der Waals surface area contributed by atoms with Crippen molar-refractivity contribution >= 4 is 12.1 Å². The minimum absolute atomic E-state index is 0.0635. The van der Waals surface area contributed by atoms with Gasteiger partial charge in [0.15, 0.2) is 5.78 Å². The Hall–Kier alpha value is -2.42. The summed E-state index contributed by atoms with van der Waals surface area (Å²) in [5.74, 6) is 0.894. The van der Waals surface area contributed by atoms with Gasteiger partial charge in [0.1, 0.15) is 11.5 Å². The van der Waals surface area contributed by atoms with E-state index in [0.29, 0.717) is 11.5 Å². The molecule has 0 amide bonds. The van der Waals surface area contributed by atoms with E-state index in [1.165, 1.54) is 12.5 Å². The van der Waals surface area contributed by atoms with Gasteiger partial charge >= 0.3 is 0 Å². The van der Waals surface area contributed by atoms with Gasteiger partial charge in [0, 0.05) is 11.1 Å². The molecule has 0 aliphatic carbocycles. The number of carbonyl (C=O) groups is 1. The quantitative estimate of drug-likeness (QED) is 0.491. The summed E-state index contributed by atoms with van der Waals surface area (Å²) >= 11 is 0. The number of hydrogen-bond donors (Lipinski definition) is 0. The lowest BCUT2D eigenvalue weighted by Crippen LogP contribution is -2.21. The Morgan fingerprint density at radius 2 is 1.61 bits per heavy atom. The molecule has 2 aromatic rings. The summed E-state index contributed by atoms with van der Waals surface area (Å²) in [6.07, 6.45) is 3.82. The lowest BCUT2D eigenvalue weighted by molar-refractivity contribution is 0.101. The zero-order valence-corrected chi connectivity index (χ0v) is 18.1. The van der Waals surface area contributed by atoms with Crippen LogP contribution in [0.2, 0.25) is 0 Å². The summed E-state index contributed by atoms with van der Waals surface area (Å²) in [5, 5.41) is 0.